The van der Waals surface area contributed by atoms with Crippen LogP contribution in [0.25, 0.3) is 0 Å². The Morgan fingerprint density at radius 1 is 1.27 bits per heavy atom. The van der Waals surface area contributed by atoms with E-state index >= 15 is 0 Å². The van der Waals surface area contributed by atoms with Gasteiger partial charge in [0.15, 0.2) is 12.4 Å². The number of nitrogens with zero attached hydrogens (tertiary/aromatic N) is 2. The van der Waals surface area contributed by atoms with Crippen molar-refractivity contribution in [3.8, 4) is 5.75 Å². The van der Waals surface area contributed by atoms with E-state index in [1.54, 1.807) is 0 Å². The van der Waals surface area contributed by atoms with Crippen LogP contribution < -0.4 is 10.1 Å². The molecule has 1 aromatic carbocycles. The van der Waals surface area contributed by atoms with Gasteiger partial charge in [0.2, 0.25) is 0 Å². The van der Waals surface area contributed by atoms with Gasteiger partial charge in [0.25, 0.3) is 5.89 Å². The van der Waals surface area contributed by atoms with Crippen molar-refractivity contribution < 1.29 is 9.26 Å². The molecule has 1 N–H and O–H groups in total. The Hall–Kier alpha value is -1.88. The van der Waals surface area contributed by atoms with Crippen molar-refractivity contribution >= 4 is 0 Å². The third-order valence-electron chi connectivity index (χ3n) is 3.63. The van der Waals surface area contributed by atoms with Crippen molar-refractivity contribution in [1.29, 1.82) is 0 Å². The van der Waals surface area contributed by atoms with Gasteiger partial charge in [-0.2, -0.15) is 4.98 Å². The average molecular weight is 303 g/mol. The molecule has 1 atom stereocenters. The average Bonchev–Trinajstić information content (AvgIpc) is 2.92. The maximum absolute atomic E-state index is 5.90. The van der Waals surface area contributed by atoms with Crippen molar-refractivity contribution in [3.63, 3.8) is 0 Å². The number of nitrogens with one attached hydrogen (secondary N) is 1. The fraction of sp³-hybridized carbons (Fsp3) is 0.529. The van der Waals surface area contributed by atoms with Crippen LogP contribution in [0.1, 0.15) is 49.5 Å². The van der Waals surface area contributed by atoms with Gasteiger partial charge in [-0.3, -0.25) is 0 Å². The van der Waals surface area contributed by atoms with Crippen LogP contribution >= 0.6 is 0 Å². The standard InChI is InChI=1S/C17H25N3O2/c1-11(2)14-7-6-12(3)8-15(14)21-10-17-19-16(20-22-17)9-13(4)18-5/h6-8,11,13,18H,9-10H2,1-5H3. The Bertz CT molecular complexity index is 608. The molecule has 0 amide bonds. The van der Waals surface area contributed by atoms with Crippen LogP contribution in [0.2, 0.25) is 0 Å². The molecule has 0 saturated carbocycles. The first-order chi connectivity index (χ1) is 10.5. The summed E-state index contributed by atoms with van der Waals surface area (Å²) in [6, 6.07) is 6.58. The minimum atomic E-state index is 0.296. The third kappa shape index (κ3) is 4.31. The predicted molar refractivity (Wildman–Crippen MR) is 86.1 cm³/mol. The molecule has 0 aliphatic heterocycles. The molecule has 0 aliphatic rings. The van der Waals surface area contributed by atoms with Gasteiger partial charge < -0.3 is 14.6 Å². The van der Waals surface area contributed by atoms with Crippen molar-refractivity contribution in [1.82, 2.24) is 15.5 Å². The molecule has 0 saturated heterocycles. The molecule has 1 unspecified atom stereocenters. The van der Waals surface area contributed by atoms with Crippen LogP contribution in [0.4, 0.5) is 0 Å². The Morgan fingerprint density at radius 3 is 2.73 bits per heavy atom. The molecule has 0 aliphatic carbocycles. The molecule has 5 heteroatoms. The third-order valence-corrected chi connectivity index (χ3v) is 3.63. The number of aromatic nitrogens is 2. The number of ether oxygens (including phenoxy) is 1. The number of rotatable bonds is 7. The van der Waals surface area contributed by atoms with E-state index in [0.29, 0.717) is 30.3 Å². The topological polar surface area (TPSA) is 60.2 Å². The maximum Gasteiger partial charge on any atom is 0.264 e. The highest BCUT2D eigenvalue weighted by Gasteiger charge is 2.12. The Labute approximate surface area is 132 Å². The molecule has 1 aromatic heterocycles. The van der Waals surface area contributed by atoms with Gasteiger partial charge in [0.1, 0.15) is 5.75 Å². The normalized spacial score (nSPS) is 12.6. The molecule has 120 valence electrons. The van der Waals surface area contributed by atoms with Gasteiger partial charge in [-0.05, 0) is 44.0 Å². The second kappa shape index (κ2) is 7.40. The highest BCUT2D eigenvalue weighted by Crippen LogP contribution is 2.28. The monoisotopic (exact) mass is 303 g/mol. The number of aryl methyl sites for hydroxylation is 1. The minimum absolute atomic E-state index is 0.296. The zero-order chi connectivity index (χ0) is 16.1. The molecule has 22 heavy (non-hydrogen) atoms. The van der Waals surface area contributed by atoms with Gasteiger partial charge >= 0.3 is 0 Å². The maximum atomic E-state index is 5.90. The molecule has 5 nitrogen and oxygen atoms in total. The number of hydrogen-bond donors (Lipinski definition) is 1. The zero-order valence-electron chi connectivity index (χ0n) is 14.0. The van der Waals surface area contributed by atoms with Crippen LogP contribution in [-0.2, 0) is 13.0 Å². The molecule has 0 spiro atoms. The largest absolute Gasteiger partial charge is 0.483 e. The zero-order valence-corrected chi connectivity index (χ0v) is 14.0. The molecule has 0 radical (unpaired) electrons. The lowest BCUT2D eigenvalue weighted by Gasteiger charge is -2.13. The first-order valence-electron chi connectivity index (χ1n) is 7.71. The molecule has 1 heterocycles. The highest BCUT2D eigenvalue weighted by molar-refractivity contribution is 5.39. The summed E-state index contributed by atoms with van der Waals surface area (Å²) in [4.78, 5) is 4.37. The minimum Gasteiger partial charge on any atom is -0.483 e. The summed E-state index contributed by atoms with van der Waals surface area (Å²) in [5, 5.41) is 7.14. The van der Waals surface area contributed by atoms with Crippen molar-refractivity contribution in [2.45, 2.75) is 52.7 Å². The van der Waals surface area contributed by atoms with Gasteiger partial charge in [-0.15, -0.1) is 0 Å². The second-order valence-corrected chi connectivity index (χ2v) is 5.98. The van der Waals surface area contributed by atoms with E-state index in [-0.39, 0.29) is 0 Å². The predicted octanol–water partition coefficient (Wildman–Crippen LogP) is 3.23. The second-order valence-electron chi connectivity index (χ2n) is 5.98. The summed E-state index contributed by atoms with van der Waals surface area (Å²) in [5.41, 5.74) is 2.36. The first kappa shape index (κ1) is 16.5. The summed E-state index contributed by atoms with van der Waals surface area (Å²) in [6.07, 6.45) is 0.738. The summed E-state index contributed by atoms with van der Waals surface area (Å²) < 4.78 is 11.1. The molecular weight excluding hydrogens is 278 g/mol. The van der Waals surface area contributed by atoms with Gasteiger partial charge in [-0.25, -0.2) is 0 Å². The molecular formula is C17H25N3O2. The molecule has 0 bridgehead atoms. The van der Waals surface area contributed by atoms with E-state index in [4.69, 9.17) is 9.26 Å². The number of likely N-dealkylation sites (N-methyl/N-ethyl adjacent to an activating group) is 1. The highest BCUT2D eigenvalue weighted by atomic mass is 16.5. The SMILES string of the molecule is CNC(C)Cc1noc(COc2cc(C)ccc2C(C)C)n1. The van der Waals surface area contributed by atoms with Crippen LogP contribution in [0.3, 0.4) is 0 Å². The van der Waals surface area contributed by atoms with Crippen molar-refractivity contribution in [2.24, 2.45) is 0 Å². The fourth-order valence-corrected chi connectivity index (χ4v) is 2.19. The van der Waals surface area contributed by atoms with Gasteiger partial charge in [-0.1, -0.05) is 31.1 Å². The summed E-state index contributed by atoms with van der Waals surface area (Å²) in [7, 11) is 1.92. The van der Waals surface area contributed by atoms with E-state index < -0.39 is 0 Å². The molecule has 2 aromatic rings. The van der Waals surface area contributed by atoms with Crippen molar-refractivity contribution in [2.75, 3.05) is 7.05 Å². The summed E-state index contributed by atoms with van der Waals surface area (Å²) in [6.45, 7) is 8.74. The van der Waals surface area contributed by atoms with Crippen LogP contribution in [0.15, 0.2) is 22.7 Å². The summed E-state index contributed by atoms with van der Waals surface area (Å²) >= 11 is 0. The molecule has 0 fully saturated rings. The molecule has 2 rings (SSSR count). The van der Waals surface area contributed by atoms with E-state index in [1.807, 2.05) is 7.05 Å². The van der Waals surface area contributed by atoms with Crippen molar-refractivity contribution in [3.05, 3.63) is 41.0 Å². The Balaban J connectivity index is 2.03. The fourth-order valence-electron chi connectivity index (χ4n) is 2.19. The number of benzene rings is 1. The lowest BCUT2D eigenvalue weighted by molar-refractivity contribution is 0.240. The van der Waals surface area contributed by atoms with E-state index in [2.05, 4.69) is 61.4 Å². The van der Waals surface area contributed by atoms with E-state index in [0.717, 1.165) is 12.2 Å². The lowest BCUT2D eigenvalue weighted by atomic mass is 10.0. The van der Waals surface area contributed by atoms with Crippen LogP contribution in [0.5, 0.6) is 5.75 Å². The quantitative estimate of drug-likeness (QED) is 0.851. The van der Waals surface area contributed by atoms with Gasteiger partial charge in [0, 0.05) is 12.5 Å². The van der Waals surface area contributed by atoms with Crippen LogP contribution in [-0.4, -0.2) is 23.2 Å². The number of hydrogen-bond acceptors (Lipinski definition) is 5. The smallest absolute Gasteiger partial charge is 0.264 e. The Kier molecular flexibility index (Phi) is 5.55. The van der Waals surface area contributed by atoms with E-state index in [9.17, 15) is 0 Å². The van der Waals surface area contributed by atoms with E-state index in [1.165, 1.54) is 11.1 Å². The summed E-state index contributed by atoms with van der Waals surface area (Å²) in [5.74, 6) is 2.51. The lowest BCUT2D eigenvalue weighted by Crippen LogP contribution is -2.24. The van der Waals surface area contributed by atoms with Gasteiger partial charge in [0.05, 0.1) is 0 Å². The van der Waals surface area contributed by atoms with Crippen LogP contribution in [0, 0.1) is 6.92 Å². The Morgan fingerprint density at radius 2 is 2.05 bits per heavy atom. The first-order valence-corrected chi connectivity index (χ1v) is 7.71.